The highest BCUT2D eigenvalue weighted by molar-refractivity contribution is 5.72. The van der Waals surface area contributed by atoms with Gasteiger partial charge in [-0.25, -0.2) is 47.5 Å². The summed E-state index contributed by atoms with van der Waals surface area (Å²) in [5.74, 6) is 2.45. The second kappa shape index (κ2) is 41.1. The van der Waals surface area contributed by atoms with Gasteiger partial charge >= 0.3 is 0 Å². The molecule has 0 bridgehead atoms. The predicted octanol–water partition coefficient (Wildman–Crippen LogP) is 12.9. The van der Waals surface area contributed by atoms with Crippen LogP contribution in [0, 0.1) is 82.1 Å². The molecule has 0 amide bonds. The molecule has 1 aliphatic carbocycles. The molecule has 0 spiro atoms. The van der Waals surface area contributed by atoms with E-state index in [2.05, 4.69) is 151 Å². The minimum Gasteiger partial charge on any atom is -0.367 e. The van der Waals surface area contributed by atoms with Crippen molar-refractivity contribution in [2.24, 2.45) is 5.92 Å². The number of anilines is 1. The third-order valence-corrected chi connectivity index (χ3v) is 30.6. The first-order valence-corrected chi connectivity index (χ1v) is 52.3. The van der Waals surface area contributed by atoms with Crippen LogP contribution in [0.4, 0.5) is 5.69 Å². The highest BCUT2D eigenvalue weighted by Crippen LogP contribution is 2.41. The van der Waals surface area contributed by atoms with Crippen LogP contribution in [0.1, 0.15) is 194 Å². The molecular formula is C111H124N34O5. The number of nitrogens with one attached hydrogen (secondary N) is 2. The molecule has 5 saturated heterocycles. The van der Waals surface area contributed by atoms with Gasteiger partial charge in [-0.15, -0.1) is 0 Å². The van der Waals surface area contributed by atoms with Gasteiger partial charge in [0.05, 0.1) is 167 Å². The molecule has 26 rings (SSSR count). The van der Waals surface area contributed by atoms with Crippen molar-refractivity contribution >= 4 is 61.5 Å². The Kier molecular flexibility index (Phi) is 27.1. The molecule has 4 atom stereocenters. The molecule has 6 fully saturated rings. The van der Waals surface area contributed by atoms with E-state index in [9.17, 15) is 24.0 Å². The van der Waals surface area contributed by atoms with E-state index >= 15 is 0 Å². The van der Waals surface area contributed by atoms with Crippen LogP contribution in [0.5, 0.6) is 0 Å². The zero-order valence-corrected chi connectivity index (χ0v) is 87.5. The lowest BCUT2D eigenvalue weighted by molar-refractivity contribution is 0.199. The van der Waals surface area contributed by atoms with Crippen LogP contribution in [0.15, 0.2) is 183 Å². The molecular weight excluding hydrogens is 1890 g/mol. The van der Waals surface area contributed by atoms with E-state index < -0.39 is 0 Å². The summed E-state index contributed by atoms with van der Waals surface area (Å²) in [6, 6.07) is 36.4. The van der Waals surface area contributed by atoms with E-state index in [1.54, 1.807) is 34.5 Å². The summed E-state index contributed by atoms with van der Waals surface area (Å²) in [6.07, 6.45) is 24.5. The molecule has 5 aliphatic heterocycles. The maximum atomic E-state index is 13.1. The van der Waals surface area contributed by atoms with Crippen molar-refractivity contribution in [3.63, 3.8) is 0 Å². The largest absolute Gasteiger partial charge is 0.367 e. The van der Waals surface area contributed by atoms with E-state index in [0.29, 0.717) is 121 Å². The zero-order chi connectivity index (χ0) is 104. The SMILES string of the molecule is CCN1CCC(c2ccc3nc(-c4cc5c(C)nc(C)cn5n4)cc(=O)n3n2)CC1.CCN1CCN(c2cc(C)c3nc(-c4cc5c(C)nc(C)cn5n4)cc(=O)n3c2)C[C@H]1C.Cc1cn2nc(-c3cc(=O)n4cc(C5CCC6NCCC6C5)ccc4n3)cc2c(C)n1.Cc1cn2nc(-c3cc(=O)n4nc(C5CCN(C)CC5)ccc4n3)cc2c(C)n1.Cc1cn2nc(-c3cc(=O)n4nc(C5CCNCC5)ccc4n3)cc2c(C)n1. The summed E-state index contributed by atoms with van der Waals surface area (Å²) in [6.45, 7) is 40.6. The normalized spacial score (nSPS) is 17.8. The smallest absolute Gasteiger partial charge is 0.275 e. The fourth-order valence-electron chi connectivity index (χ4n) is 22.6. The standard InChI is InChI=1S/C24H29N7O.C24H26N6O.C22H25N7O.C21H23N7O.C20H21N7O/c1-6-28-7-8-29(13-17(28)4)19-9-15(2)24-26-20(11-23(32)30(24)14-19)21-10-22-18(5)25-16(3)12-31(22)27-21;1-14-12-30-22(15(2)26-14)10-21(28-30)20-11-24(31)29-13-18(4-6-23(29)27-20)16-3-5-19-17(9-16)7-8-25-19;1-4-27-9-7-16(8-10-27)17-5-6-21-24-18(12-22(30)29(21)26-17)19-11-20-15(3)23-14(2)13-28(20)25-19;1-13-12-27-19(14(2)22-13)10-18(24-27)17-11-21(29)28-20(23-17)5-4-16(25-28)15-6-8-26(3)9-7-15;1-12-11-26-18(13(2)22-12)9-17(24-26)16-10-20(28)27-19(23-16)4-3-15(25-27)14-5-7-21-8-6-14/h9-12,14,17H,6-8,13H2,1-5H3;4,6,10-13,16-17,19,25H,3,5,7-9H2,1-2H3;5-6,11-13,16H,4,7-10H2,1-3H3;4-5,10-12,15H,6-9H2,1-3H3;3-4,9-11,14,21H,5-8H2,1-2H3/t17-;;;;/m1..../s1. The Balaban J connectivity index is 0.000000106. The Labute approximate surface area is 863 Å². The molecule has 20 aromatic rings. The topological polar surface area (TPSA) is 398 Å². The first-order valence-electron chi connectivity index (χ1n) is 52.3. The second-order valence-electron chi connectivity index (χ2n) is 41.2. The molecule has 768 valence electrons. The Hall–Kier alpha value is -15.7. The molecule has 39 nitrogen and oxygen atoms in total. The van der Waals surface area contributed by atoms with Gasteiger partial charge in [-0.3, -0.25) is 62.6 Å². The first kappa shape index (κ1) is 98.9. The molecule has 39 heteroatoms. The van der Waals surface area contributed by atoms with Crippen LogP contribution in [0.3, 0.4) is 0 Å². The van der Waals surface area contributed by atoms with E-state index in [-0.39, 0.29) is 27.8 Å². The lowest BCUT2D eigenvalue weighted by atomic mass is 9.76. The van der Waals surface area contributed by atoms with Gasteiger partial charge in [0.15, 0.2) is 16.9 Å². The van der Waals surface area contributed by atoms with Crippen LogP contribution in [-0.4, -0.2) is 248 Å². The quantitative estimate of drug-likeness (QED) is 0.115. The molecule has 25 heterocycles. The summed E-state index contributed by atoms with van der Waals surface area (Å²) in [5.41, 5.74) is 28.0. The molecule has 150 heavy (non-hydrogen) atoms. The number of hydrogen-bond acceptors (Lipinski definition) is 29. The Morgan fingerprint density at radius 2 is 0.720 bits per heavy atom. The average Bonchev–Trinajstić information content (AvgIpc) is 0.900. The van der Waals surface area contributed by atoms with Crippen LogP contribution in [0.25, 0.3) is 113 Å². The van der Waals surface area contributed by atoms with E-state index in [0.717, 1.165) is 236 Å². The van der Waals surface area contributed by atoms with Gasteiger partial charge in [-0.2, -0.15) is 54.3 Å². The highest BCUT2D eigenvalue weighted by atomic mass is 16.1. The van der Waals surface area contributed by atoms with E-state index in [1.165, 1.54) is 63.0 Å². The highest BCUT2D eigenvalue weighted by Gasteiger charge is 2.36. The minimum atomic E-state index is -0.195. The predicted molar refractivity (Wildman–Crippen MR) is 577 cm³/mol. The fraction of sp³-hybridized carbons (Fsp3) is 0.396. The lowest BCUT2D eigenvalue weighted by Crippen LogP contribution is -2.51. The zero-order valence-electron chi connectivity index (χ0n) is 87.5. The molecule has 3 unspecified atom stereocenters. The summed E-state index contributed by atoms with van der Waals surface area (Å²) in [4.78, 5) is 120. The fourth-order valence-corrected chi connectivity index (χ4v) is 22.6. The first-order chi connectivity index (χ1) is 72.4. The molecule has 0 radical (unpaired) electrons. The number of aryl methyl sites for hydroxylation is 11. The van der Waals surface area contributed by atoms with Crippen molar-refractivity contribution in [1.29, 1.82) is 0 Å². The molecule has 0 aromatic carbocycles. The van der Waals surface area contributed by atoms with Crippen LogP contribution in [0.2, 0.25) is 0 Å². The Bertz CT molecular complexity index is 8970. The van der Waals surface area contributed by atoms with Gasteiger partial charge < -0.3 is 25.3 Å². The summed E-state index contributed by atoms with van der Waals surface area (Å²) >= 11 is 0. The van der Waals surface area contributed by atoms with E-state index in [1.807, 2.05) is 201 Å². The number of nitrogens with zero attached hydrogens (tertiary/aromatic N) is 32. The third-order valence-electron chi connectivity index (χ3n) is 30.6. The van der Waals surface area contributed by atoms with Crippen molar-refractivity contribution in [2.45, 2.75) is 197 Å². The summed E-state index contributed by atoms with van der Waals surface area (Å²) in [7, 11) is 2.14. The van der Waals surface area contributed by atoms with Crippen LogP contribution in [-0.2, 0) is 0 Å². The van der Waals surface area contributed by atoms with E-state index in [4.69, 9.17) is 9.97 Å². The average molecular weight is 2010 g/mol. The van der Waals surface area contributed by atoms with Gasteiger partial charge in [0.25, 0.3) is 27.8 Å². The number of fused-ring (bicyclic) bond motifs is 11. The molecule has 1 saturated carbocycles. The minimum absolute atomic E-state index is 0.0684. The lowest BCUT2D eigenvalue weighted by Gasteiger charge is -2.40. The van der Waals surface area contributed by atoms with Crippen molar-refractivity contribution in [3.8, 4) is 56.9 Å². The third kappa shape index (κ3) is 20.2. The molecule has 2 N–H and O–H groups in total. The van der Waals surface area contributed by atoms with Gasteiger partial charge in [0, 0.05) is 92.2 Å². The number of likely N-dealkylation sites (tertiary alicyclic amines) is 2. The molecule has 6 aliphatic rings. The van der Waals surface area contributed by atoms with Gasteiger partial charge in [0.2, 0.25) is 0 Å². The van der Waals surface area contributed by atoms with Crippen molar-refractivity contribution < 1.29 is 0 Å². The Morgan fingerprint density at radius 1 is 0.333 bits per heavy atom. The number of pyridine rings is 2. The van der Waals surface area contributed by atoms with Crippen LogP contribution >= 0.6 is 0 Å². The van der Waals surface area contributed by atoms with Gasteiger partial charge in [-0.1, -0.05) is 19.9 Å². The van der Waals surface area contributed by atoms with Crippen molar-refractivity contribution in [3.05, 3.63) is 296 Å². The van der Waals surface area contributed by atoms with Crippen LogP contribution < -0.4 is 43.3 Å². The number of piperazine rings is 1. The Morgan fingerprint density at radius 3 is 1.13 bits per heavy atom. The van der Waals surface area contributed by atoms with Crippen molar-refractivity contribution in [2.75, 3.05) is 90.5 Å². The number of rotatable bonds is 12. The molecule has 20 aromatic heterocycles. The summed E-state index contributed by atoms with van der Waals surface area (Å²) < 4.78 is 16.6. The maximum Gasteiger partial charge on any atom is 0.275 e. The van der Waals surface area contributed by atoms with Crippen molar-refractivity contribution in [1.82, 2.24) is 161 Å². The van der Waals surface area contributed by atoms with Gasteiger partial charge in [-0.05, 0) is 315 Å². The number of likely N-dealkylation sites (N-methyl/N-ethyl adjacent to an activating group) is 1. The summed E-state index contributed by atoms with van der Waals surface area (Å²) in [5, 5.41) is 43.9. The number of hydrogen-bond donors (Lipinski definition) is 2. The monoisotopic (exact) mass is 2010 g/mol. The maximum absolute atomic E-state index is 13.1. The number of piperidine rings is 3. The number of aromatic nitrogens is 28. The second-order valence-corrected chi connectivity index (χ2v) is 41.2. The van der Waals surface area contributed by atoms with Gasteiger partial charge in [0.1, 0.15) is 39.8 Å².